The van der Waals surface area contributed by atoms with Crippen molar-refractivity contribution < 1.29 is 14.5 Å². The van der Waals surface area contributed by atoms with Crippen LogP contribution in [-0.2, 0) is 11.3 Å². The Bertz CT molecular complexity index is 733. The van der Waals surface area contributed by atoms with E-state index in [1.807, 2.05) is 30.3 Å². The summed E-state index contributed by atoms with van der Waals surface area (Å²) in [5.74, 6) is -0.0809. The number of halogens is 1. The quantitative estimate of drug-likeness (QED) is 0.609. The third kappa shape index (κ3) is 4.45. The lowest BCUT2D eigenvalue weighted by atomic mass is 10.3. The summed E-state index contributed by atoms with van der Waals surface area (Å²) in [5.41, 5.74) is 0.367. The number of nitro groups is 1. The summed E-state index contributed by atoms with van der Waals surface area (Å²) in [6.45, 7) is 3.51. The van der Waals surface area contributed by atoms with Crippen molar-refractivity contribution in [2.45, 2.75) is 26.4 Å². The molecule has 1 aromatic carbocycles. The zero-order valence-electron chi connectivity index (χ0n) is 13.2. The first-order chi connectivity index (χ1) is 11.4. The van der Waals surface area contributed by atoms with Crippen molar-refractivity contribution in [3.05, 3.63) is 51.2 Å². The van der Waals surface area contributed by atoms with Crippen molar-refractivity contribution in [2.24, 2.45) is 0 Å². The van der Waals surface area contributed by atoms with E-state index in [2.05, 4.69) is 10.4 Å². The van der Waals surface area contributed by atoms with Gasteiger partial charge in [-0.25, -0.2) is 0 Å². The molecule has 0 aliphatic heterocycles. The average Bonchev–Trinajstić information content (AvgIpc) is 2.82. The van der Waals surface area contributed by atoms with Gasteiger partial charge in [-0.1, -0.05) is 29.8 Å². The fourth-order valence-corrected chi connectivity index (χ4v) is 2.22. The van der Waals surface area contributed by atoms with Crippen molar-refractivity contribution >= 4 is 23.3 Å². The highest BCUT2D eigenvalue weighted by molar-refractivity contribution is 6.33. The number of nitrogens with one attached hydrogen (secondary N) is 1. The van der Waals surface area contributed by atoms with Gasteiger partial charge in [0.25, 0.3) is 0 Å². The van der Waals surface area contributed by atoms with E-state index in [1.54, 1.807) is 13.8 Å². The smallest absolute Gasteiger partial charge is 0.408 e. The molecule has 1 N–H and O–H groups in total. The molecule has 0 radical (unpaired) electrons. The minimum Gasteiger partial charge on any atom is -0.491 e. The number of para-hydroxylation sites is 1. The Labute approximate surface area is 143 Å². The van der Waals surface area contributed by atoms with Gasteiger partial charge in [0, 0.05) is 0 Å². The summed E-state index contributed by atoms with van der Waals surface area (Å²) in [5, 5.41) is 17.2. The minimum absolute atomic E-state index is 0.0618. The molecule has 0 saturated carbocycles. The van der Waals surface area contributed by atoms with Gasteiger partial charge in [-0.2, -0.15) is 4.68 Å². The molecule has 0 bridgehead atoms. The molecule has 0 aliphatic carbocycles. The molecular weight excluding hydrogens is 336 g/mol. The molecule has 0 spiro atoms. The number of amides is 1. The molecule has 24 heavy (non-hydrogen) atoms. The summed E-state index contributed by atoms with van der Waals surface area (Å²) in [4.78, 5) is 22.2. The second-order valence-corrected chi connectivity index (χ2v) is 5.61. The predicted molar refractivity (Wildman–Crippen MR) is 88.2 cm³/mol. The summed E-state index contributed by atoms with van der Waals surface area (Å²) < 4.78 is 6.76. The average molecular weight is 353 g/mol. The molecule has 1 aromatic heterocycles. The normalized spacial score (nSPS) is 11.8. The molecule has 128 valence electrons. The maximum absolute atomic E-state index is 12.0. The molecule has 1 atom stereocenters. The van der Waals surface area contributed by atoms with Crippen LogP contribution in [0.1, 0.15) is 12.6 Å². The lowest BCUT2D eigenvalue weighted by Crippen LogP contribution is -2.39. The number of rotatable bonds is 7. The van der Waals surface area contributed by atoms with Gasteiger partial charge in [0.2, 0.25) is 5.91 Å². The molecule has 0 aliphatic rings. The number of benzene rings is 1. The minimum atomic E-state index is -0.680. The fourth-order valence-electron chi connectivity index (χ4n) is 2.02. The highest BCUT2D eigenvalue weighted by Crippen LogP contribution is 2.26. The van der Waals surface area contributed by atoms with E-state index in [1.165, 1.54) is 4.68 Å². The van der Waals surface area contributed by atoms with Crippen molar-refractivity contribution in [1.82, 2.24) is 15.1 Å². The van der Waals surface area contributed by atoms with E-state index in [4.69, 9.17) is 16.3 Å². The van der Waals surface area contributed by atoms with Gasteiger partial charge in [-0.05, 0) is 30.9 Å². The number of nitrogens with zero attached hydrogens (tertiary/aromatic N) is 3. The first-order valence-electron chi connectivity index (χ1n) is 7.23. The largest absolute Gasteiger partial charge is 0.491 e. The highest BCUT2D eigenvalue weighted by atomic mass is 35.5. The van der Waals surface area contributed by atoms with Gasteiger partial charge in [0.05, 0.1) is 16.8 Å². The van der Waals surface area contributed by atoms with Crippen LogP contribution in [0.25, 0.3) is 0 Å². The molecule has 0 saturated heterocycles. The zero-order chi connectivity index (χ0) is 17.7. The Balaban J connectivity index is 1.89. The van der Waals surface area contributed by atoms with Gasteiger partial charge in [0.1, 0.15) is 18.9 Å². The Morgan fingerprint density at radius 3 is 2.71 bits per heavy atom. The molecule has 2 aromatic rings. The first kappa shape index (κ1) is 17.7. The van der Waals surface area contributed by atoms with Gasteiger partial charge >= 0.3 is 5.82 Å². The summed E-state index contributed by atoms with van der Waals surface area (Å²) in [6, 6.07) is 9.00. The van der Waals surface area contributed by atoms with Crippen LogP contribution in [0.2, 0.25) is 5.02 Å². The number of aromatic nitrogens is 2. The van der Waals surface area contributed by atoms with Crippen molar-refractivity contribution in [2.75, 3.05) is 6.61 Å². The third-order valence-corrected chi connectivity index (χ3v) is 3.68. The number of hydrogen-bond donors (Lipinski definition) is 1. The highest BCUT2D eigenvalue weighted by Gasteiger charge is 2.25. The second-order valence-electron chi connectivity index (χ2n) is 5.23. The Morgan fingerprint density at radius 2 is 2.12 bits per heavy atom. The molecule has 1 amide bonds. The summed E-state index contributed by atoms with van der Waals surface area (Å²) in [7, 11) is 0. The fraction of sp³-hybridized carbons (Fsp3) is 0.333. The summed E-state index contributed by atoms with van der Waals surface area (Å²) in [6.07, 6.45) is 0. The molecule has 9 heteroatoms. The van der Waals surface area contributed by atoms with E-state index in [0.717, 1.165) is 0 Å². The number of carbonyl (C=O) groups excluding carboxylic acids is 1. The van der Waals surface area contributed by atoms with E-state index in [-0.39, 0.29) is 23.5 Å². The summed E-state index contributed by atoms with van der Waals surface area (Å²) >= 11 is 5.84. The van der Waals surface area contributed by atoms with Crippen LogP contribution in [0.15, 0.2) is 30.3 Å². The lowest BCUT2D eigenvalue weighted by molar-refractivity contribution is -0.389. The number of ether oxygens (including phenoxy) is 1. The maximum Gasteiger partial charge on any atom is 0.408 e. The maximum atomic E-state index is 12.0. The second kappa shape index (κ2) is 7.78. The van der Waals surface area contributed by atoms with Crippen LogP contribution in [0.3, 0.4) is 0 Å². The van der Waals surface area contributed by atoms with Crippen molar-refractivity contribution in [1.29, 1.82) is 0 Å². The Kier molecular flexibility index (Phi) is 5.75. The van der Waals surface area contributed by atoms with Crippen LogP contribution in [0.4, 0.5) is 5.82 Å². The third-order valence-electron chi connectivity index (χ3n) is 3.23. The van der Waals surface area contributed by atoms with E-state index in [0.29, 0.717) is 18.1 Å². The van der Waals surface area contributed by atoms with Gasteiger partial charge < -0.3 is 20.2 Å². The van der Waals surface area contributed by atoms with E-state index >= 15 is 0 Å². The van der Waals surface area contributed by atoms with E-state index < -0.39 is 10.7 Å². The number of hydrogen-bond acceptors (Lipinski definition) is 5. The molecule has 1 heterocycles. The van der Waals surface area contributed by atoms with Crippen LogP contribution in [0.5, 0.6) is 5.75 Å². The van der Waals surface area contributed by atoms with Crippen molar-refractivity contribution in [3.63, 3.8) is 0 Å². The SMILES string of the molecule is Cc1c(Cl)c([N+](=O)[O-])nn1CC(=O)NC(C)COc1ccccc1. The lowest BCUT2D eigenvalue weighted by Gasteiger charge is -2.14. The van der Waals surface area contributed by atoms with Gasteiger partial charge in [-0.3, -0.25) is 4.79 Å². The van der Waals surface area contributed by atoms with Crippen LogP contribution < -0.4 is 10.1 Å². The van der Waals surface area contributed by atoms with Crippen LogP contribution >= 0.6 is 11.6 Å². The Morgan fingerprint density at radius 1 is 1.46 bits per heavy atom. The number of carbonyl (C=O) groups is 1. The van der Waals surface area contributed by atoms with E-state index in [9.17, 15) is 14.9 Å². The molecule has 8 nitrogen and oxygen atoms in total. The van der Waals surface area contributed by atoms with Crippen LogP contribution in [-0.4, -0.2) is 33.3 Å². The van der Waals surface area contributed by atoms with Gasteiger partial charge in [-0.15, -0.1) is 0 Å². The molecular formula is C15H17ClN4O4. The van der Waals surface area contributed by atoms with Crippen LogP contribution in [0, 0.1) is 17.0 Å². The predicted octanol–water partition coefficient (Wildman–Crippen LogP) is 2.34. The van der Waals surface area contributed by atoms with Crippen molar-refractivity contribution in [3.8, 4) is 5.75 Å². The molecule has 1 unspecified atom stereocenters. The zero-order valence-corrected chi connectivity index (χ0v) is 14.0. The first-order valence-corrected chi connectivity index (χ1v) is 7.60. The topological polar surface area (TPSA) is 99.3 Å². The molecule has 2 rings (SSSR count). The molecule has 0 fully saturated rings. The standard InChI is InChI=1S/C15H17ClN4O4/c1-10(9-24-12-6-4-3-5-7-12)17-13(21)8-19-11(2)14(16)15(18-19)20(22)23/h3-7,10H,8-9H2,1-2H3,(H,17,21). The monoisotopic (exact) mass is 352 g/mol. The Hall–Kier alpha value is -2.61. The van der Waals surface area contributed by atoms with Gasteiger partial charge in [0.15, 0.2) is 5.02 Å².